The van der Waals surface area contributed by atoms with Crippen molar-refractivity contribution in [3.63, 3.8) is 0 Å². The van der Waals surface area contributed by atoms with Gasteiger partial charge in [0, 0.05) is 5.02 Å². The van der Waals surface area contributed by atoms with Gasteiger partial charge in [-0.05, 0) is 37.3 Å². The molecule has 2 heterocycles. The van der Waals surface area contributed by atoms with Crippen LogP contribution in [-0.4, -0.2) is 37.8 Å². The van der Waals surface area contributed by atoms with E-state index in [-0.39, 0.29) is 5.91 Å². The van der Waals surface area contributed by atoms with Crippen molar-refractivity contribution in [2.24, 2.45) is 0 Å². The Morgan fingerprint density at radius 3 is 2.96 bits per heavy atom. The van der Waals surface area contributed by atoms with Crippen molar-refractivity contribution >= 4 is 51.8 Å². The van der Waals surface area contributed by atoms with Crippen LogP contribution in [0.15, 0.2) is 47.6 Å². The Labute approximate surface area is 164 Å². The lowest BCUT2D eigenvalue weighted by molar-refractivity contribution is -0.115. The lowest BCUT2D eigenvalue weighted by atomic mass is 10.3. The number of nitrogens with one attached hydrogen (secondary N) is 2. The quantitative estimate of drug-likeness (QED) is 0.494. The number of carbonyl (C=O) groups is 1. The minimum atomic E-state index is -0.402. The molecule has 2 aromatic carbocycles. The number of para-hydroxylation sites is 2. The summed E-state index contributed by atoms with van der Waals surface area (Å²) in [7, 11) is 1.54. The number of fused-ring (bicyclic) bond motifs is 3. The van der Waals surface area contributed by atoms with Crippen LogP contribution in [0.4, 0.5) is 5.69 Å². The number of halogens is 1. The van der Waals surface area contributed by atoms with Gasteiger partial charge in [-0.25, -0.2) is 10.1 Å². The second-order valence-electron chi connectivity index (χ2n) is 5.86. The molecule has 0 aliphatic heterocycles. The van der Waals surface area contributed by atoms with Crippen LogP contribution in [0.1, 0.15) is 6.92 Å². The largest absolute Gasteiger partial charge is 0.495 e. The number of hydrogen-bond acceptors (Lipinski definition) is 5. The number of H-pyrrole nitrogens is 1. The van der Waals surface area contributed by atoms with Crippen molar-refractivity contribution in [1.29, 1.82) is 0 Å². The fourth-order valence-corrected chi connectivity index (χ4v) is 3.79. The molecular formula is C18H16ClN5O2S. The molecule has 2 aromatic heterocycles. The summed E-state index contributed by atoms with van der Waals surface area (Å²) in [6.45, 7) is 1.82. The monoisotopic (exact) mass is 401 g/mol. The van der Waals surface area contributed by atoms with Crippen LogP contribution >= 0.6 is 23.4 Å². The Morgan fingerprint density at radius 1 is 1.33 bits per heavy atom. The van der Waals surface area contributed by atoms with Crippen molar-refractivity contribution < 1.29 is 9.53 Å². The summed E-state index contributed by atoms with van der Waals surface area (Å²) in [6.07, 6.45) is 0. The summed E-state index contributed by atoms with van der Waals surface area (Å²) in [5.74, 6) is 1.01. The molecule has 4 aromatic rings. The first-order valence-electron chi connectivity index (χ1n) is 8.19. The van der Waals surface area contributed by atoms with Crippen LogP contribution in [0.25, 0.3) is 16.8 Å². The number of rotatable bonds is 5. The van der Waals surface area contributed by atoms with E-state index in [4.69, 9.17) is 16.3 Å². The number of nitrogens with zero attached hydrogens (tertiary/aromatic N) is 3. The number of methoxy groups -OCH3 is 1. The third-order valence-corrected chi connectivity index (χ3v) is 5.36. The maximum absolute atomic E-state index is 12.7. The van der Waals surface area contributed by atoms with Gasteiger partial charge in [-0.1, -0.05) is 35.5 Å². The van der Waals surface area contributed by atoms with Gasteiger partial charge in [-0.15, -0.1) is 5.10 Å². The number of aromatic amines is 1. The van der Waals surface area contributed by atoms with E-state index in [1.807, 2.05) is 35.6 Å². The molecule has 0 aliphatic rings. The second kappa shape index (κ2) is 7.13. The SMILES string of the molecule is COc1ccc(Cl)cc1NC(=O)C(C)Sc1n[nH]c2nc3ccccc3n12. The minimum Gasteiger partial charge on any atom is -0.495 e. The molecule has 0 bridgehead atoms. The number of benzene rings is 2. The van der Waals surface area contributed by atoms with Crippen molar-refractivity contribution in [1.82, 2.24) is 19.6 Å². The topological polar surface area (TPSA) is 84.3 Å². The fraction of sp³-hybridized carbons (Fsp3) is 0.167. The van der Waals surface area contributed by atoms with Crippen LogP contribution in [-0.2, 0) is 4.79 Å². The Morgan fingerprint density at radius 2 is 2.15 bits per heavy atom. The summed E-state index contributed by atoms with van der Waals surface area (Å²) in [5, 5.41) is 10.8. The van der Waals surface area contributed by atoms with Gasteiger partial charge in [-0.2, -0.15) is 0 Å². The van der Waals surface area contributed by atoms with Gasteiger partial charge in [0.05, 0.1) is 29.1 Å². The molecule has 9 heteroatoms. The smallest absolute Gasteiger partial charge is 0.237 e. The number of aromatic nitrogens is 4. The molecule has 7 nitrogen and oxygen atoms in total. The lowest BCUT2D eigenvalue weighted by Crippen LogP contribution is -2.23. The maximum Gasteiger partial charge on any atom is 0.237 e. The third kappa shape index (κ3) is 3.33. The van der Waals surface area contributed by atoms with Crippen LogP contribution in [0, 0.1) is 0 Å². The predicted octanol–water partition coefficient (Wildman–Crippen LogP) is 3.99. The summed E-state index contributed by atoms with van der Waals surface area (Å²) >= 11 is 7.36. The van der Waals surface area contributed by atoms with Crippen LogP contribution in [0.2, 0.25) is 5.02 Å². The highest BCUT2D eigenvalue weighted by Gasteiger charge is 2.20. The van der Waals surface area contributed by atoms with E-state index in [0.717, 1.165) is 11.0 Å². The number of amides is 1. The Balaban J connectivity index is 1.57. The van der Waals surface area contributed by atoms with Gasteiger partial charge in [0.15, 0.2) is 5.16 Å². The van der Waals surface area contributed by atoms with Gasteiger partial charge >= 0.3 is 0 Å². The Kier molecular flexibility index (Phi) is 4.67. The molecule has 0 radical (unpaired) electrons. The Bertz CT molecular complexity index is 1140. The molecule has 138 valence electrons. The van der Waals surface area contributed by atoms with Crippen LogP contribution in [0.5, 0.6) is 5.75 Å². The molecule has 0 aliphatic carbocycles. The summed E-state index contributed by atoms with van der Waals surface area (Å²) in [6, 6.07) is 12.9. The molecule has 1 unspecified atom stereocenters. The van der Waals surface area contributed by atoms with E-state index in [0.29, 0.717) is 27.4 Å². The number of ether oxygens (including phenoxy) is 1. The zero-order valence-corrected chi connectivity index (χ0v) is 16.1. The van der Waals surface area contributed by atoms with Gasteiger partial charge in [0.25, 0.3) is 0 Å². The van der Waals surface area contributed by atoms with Crippen molar-refractivity contribution in [3.05, 3.63) is 47.5 Å². The first-order chi connectivity index (χ1) is 13.1. The van der Waals surface area contributed by atoms with E-state index in [2.05, 4.69) is 20.5 Å². The minimum absolute atomic E-state index is 0.180. The zero-order valence-electron chi connectivity index (χ0n) is 14.6. The number of thioether (sulfide) groups is 1. The summed E-state index contributed by atoms with van der Waals surface area (Å²) < 4.78 is 7.18. The molecule has 1 atom stereocenters. The average Bonchev–Trinajstić information content (AvgIpc) is 3.21. The van der Waals surface area contributed by atoms with E-state index in [1.54, 1.807) is 25.3 Å². The van der Waals surface area contributed by atoms with Crippen molar-refractivity contribution in [2.45, 2.75) is 17.3 Å². The van der Waals surface area contributed by atoms with E-state index in [1.165, 1.54) is 11.8 Å². The first kappa shape index (κ1) is 17.7. The van der Waals surface area contributed by atoms with E-state index < -0.39 is 5.25 Å². The second-order valence-corrected chi connectivity index (χ2v) is 7.60. The van der Waals surface area contributed by atoms with Crippen molar-refractivity contribution in [2.75, 3.05) is 12.4 Å². The highest BCUT2D eigenvalue weighted by atomic mass is 35.5. The van der Waals surface area contributed by atoms with Gasteiger partial charge in [-0.3, -0.25) is 9.20 Å². The number of imidazole rings is 1. The van der Waals surface area contributed by atoms with Gasteiger partial charge in [0.2, 0.25) is 11.7 Å². The highest BCUT2D eigenvalue weighted by molar-refractivity contribution is 8.00. The fourth-order valence-electron chi connectivity index (χ4n) is 2.75. The molecule has 0 saturated carbocycles. The van der Waals surface area contributed by atoms with Gasteiger partial charge in [0.1, 0.15) is 5.75 Å². The van der Waals surface area contributed by atoms with E-state index >= 15 is 0 Å². The van der Waals surface area contributed by atoms with E-state index in [9.17, 15) is 4.79 Å². The molecule has 27 heavy (non-hydrogen) atoms. The normalized spacial score (nSPS) is 12.4. The lowest BCUT2D eigenvalue weighted by Gasteiger charge is -2.13. The van der Waals surface area contributed by atoms with Crippen molar-refractivity contribution in [3.8, 4) is 5.75 Å². The highest BCUT2D eigenvalue weighted by Crippen LogP contribution is 2.30. The predicted molar refractivity (Wildman–Crippen MR) is 107 cm³/mol. The van der Waals surface area contributed by atoms with Crippen LogP contribution < -0.4 is 10.1 Å². The molecule has 0 fully saturated rings. The summed E-state index contributed by atoms with van der Waals surface area (Å²) in [4.78, 5) is 17.2. The maximum atomic E-state index is 12.7. The number of anilines is 1. The molecule has 0 saturated heterocycles. The zero-order chi connectivity index (χ0) is 19.0. The standard InChI is InChI=1S/C18H16ClN5O2S/c1-10(16(25)20-13-9-11(19)7-8-15(13)26-2)27-18-23-22-17-21-12-5-3-4-6-14(12)24(17)18/h3-10H,1-2H3,(H,20,25)(H,21,22). The molecule has 2 N–H and O–H groups in total. The first-order valence-corrected chi connectivity index (χ1v) is 9.45. The molecule has 0 spiro atoms. The third-order valence-electron chi connectivity index (χ3n) is 4.07. The Hall–Kier alpha value is -2.71. The summed E-state index contributed by atoms with van der Waals surface area (Å²) in [5.41, 5.74) is 2.34. The number of hydrogen-bond donors (Lipinski definition) is 2. The van der Waals surface area contributed by atoms with Crippen LogP contribution in [0.3, 0.4) is 0 Å². The number of carbonyl (C=O) groups excluding carboxylic acids is 1. The molecule has 4 rings (SSSR count). The van der Waals surface area contributed by atoms with Gasteiger partial charge < -0.3 is 10.1 Å². The molecular weight excluding hydrogens is 386 g/mol. The average molecular weight is 402 g/mol. The molecule has 1 amide bonds.